The normalized spacial score (nSPS) is 16.3. The number of hydrogen-bond acceptors (Lipinski definition) is 4. The lowest BCUT2D eigenvalue weighted by molar-refractivity contribution is -0.111. The number of primary amides is 1. The van der Waals surface area contributed by atoms with Crippen LogP contribution in [0.4, 0.5) is 5.00 Å². The van der Waals surface area contributed by atoms with Crippen molar-refractivity contribution >= 4 is 34.2 Å². The zero-order valence-electron chi connectivity index (χ0n) is 18.1. The molecule has 0 saturated heterocycles. The molecule has 0 saturated carbocycles. The summed E-state index contributed by atoms with van der Waals surface area (Å²) < 4.78 is 5.14. The minimum Gasteiger partial charge on any atom is -0.497 e. The summed E-state index contributed by atoms with van der Waals surface area (Å²) in [7, 11) is 1.61. The summed E-state index contributed by atoms with van der Waals surface area (Å²) in [6.45, 7) is 6.83. The molecule has 5 nitrogen and oxygen atoms in total. The molecule has 1 aliphatic rings. The van der Waals surface area contributed by atoms with E-state index >= 15 is 0 Å². The molecule has 30 heavy (non-hydrogen) atoms. The topological polar surface area (TPSA) is 81.4 Å². The number of rotatable bonds is 7. The van der Waals surface area contributed by atoms with Gasteiger partial charge in [0.15, 0.2) is 0 Å². The van der Waals surface area contributed by atoms with Gasteiger partial charge in [-0.05, 0) is 59.9 Å². The molecule has 1 aromatic heterocycles. The van der Waals surface area contributed by atoms with Gasteiger partial charge >= 0.3 is 0 Å². The van der Waals surface area contributed by atoms with Crippen molar-refractivity contribution in [2.75, 3.05) is 12.4 Å². The number of carbonyl (C=O) groups is 2. The second-order valence-corrected chi connectivity index (χ2v) is 9.55. The monoisotopic (exact) mass is 426 g/mol. The maximum Gasteiger partial charge on any atom is 0.251 e. The van der Waals surface area contributed by atoms with E-state index in [9.17, 15) is 9.59 Å². The Hall–Kier alpha value is -2.60. The number of nitrogens with two attached hydrogens (primary N) is 1. The van der Waals surface area contributed by atoms with E-state index in [4.69, 9.17) is 10.5 Å². The average Bonchev–Trinajstić information content (AvgIpc) is 3.09. The number of ether oxygens (including phenoxy) is 1. The summed E-state index contributed by atoms with van der Waals surface area (Å²) in [6, 6.07) is 7.42. The number of methoxy groups -OCH3 is 1. The molecule has 6 heteroatoms. The first-order chi connectivity index (χ1) is 14.2. The van der Waals surface area contributed by atoms with Crippen LogP contribution in [0.5, 0.6) is 5.75 Å². The molecule has 2 aromatic rings. The second kappa shape index (κ2) is 9.04. The maximum atomic E-state index is 12.5. The predicted octanol–water partition coefficient (Wildman–Crippen LogP) is 5.05. The van der Waals surface area contributed by atoms with E-state index in [0.29, 0.717) is 16.5 Å². The van der Waals surface area contributed by atoms with Gasteiger partial charge in [-0.2, -0.15) is 0 Å². The summed E-state index contributed by atoms with van der Waals surface area (Å²) in [6.07, 6.45) is 7.10. The highest BCUT2D eigenvalue weighted by molar-refractivity contribution is 7.17. The van der Waals surface area contributed by atoms with Crippen LogP contribution in [0.3, 0.4) is 0 Å². The van der Waals surface area contributed by atoms with Crippen molar-refractivity contribution in [1.29, 1.82) is 0 Å². The maximum absolute atomic E-state index is 12.5. The fourth-order valence-corrected chi connectivity index (χ4v) is 5.27. The van der Waals surface area contributed by atoms with Crippen LogP contribution in [0.2, 0.25) is 0 Å². The van der Waals surface area contributed by atoms with Gasteiger partial charge in [-0.25, -0.2) is 0 Å². The van der Waals surface area contributed by atoms with Gasteiger partial charge in [-0.3, -0.25) is 9.59 Å². The highest BCUT2D eigenvalue weighted by atomic mass is 32.1. The molecular weight excluding hydrogens is 396 g/mol. The lowest BCUT2D eigenvalue weighted by Crippen LogP contribution is -2.29. The average molecular weight is 427 g/mol. The van der Waals surface area contributed by atoms with Gasteiger partial charge in [-0.1, -0.05) is 39.3 Å². The van der Waals surface area contributed by atoms with E-state index in [1.807, 2.05) is 24.3 Å². The SMILES string of the molecule is CCC(C)(C)[C@H]1CCc2c(sc(NC(=O)/C=C\c3ccc(OC)cc3)c2C(N)=O)C1. The van der Waals surface area contributed by atoms with Crippen molar-refractivity contribution in [2.24, 2.45) is 17.1 Å². The summed E-state index contributed by atoms with van der Waals surface area (Å²) in [5.41, 5.74) is 8.32. The number of amides is 2. The lowest BCUT2D eigenvalue weighted by atomic mass is 9.69. The summed E-state index contributed by atoms with van der Waals surface area (Å²) in [5, 5.41) is 3.44. The highest BCUT2D eigenvalue weighted by Gasteiger charge is 2.34. The van der Waals surface area contributed by atoms with Crippen LogP contribution in [0.25, 0.3) is 6.08 Å². The van der Waals surface area contributed by atoms with Gasteiger partial charge in [0.1, 0.15) is 10.8 Å². The Balaban J connectivity index is 1.78. The number of carbonyl (C=O) groups excluding carboxylic acids is 2. The van der Waals surface area contributed by atoms with Crippen LogP contribution < -0.4 is 15.8 Å². The zero-order valence-corrected chi connectivity index (χ0v) is 18.9. The molecule has 1 heterocycles. The molecule has 0 bridgehead atoms. The molecule has 0 fully saturated rings. The lowest BCUT2D eigenvalue weighted by Gasteiger charge is -2.36. The van der Waals surface area contributed by atoms with Gasteiger partial charge in [-0.15, -0.1) is 11.3 Å². The first kappa shape index (κ1) is 22.1. The molecule has 0 aliphatic heterocycles. The fraction of sp³-hybridized carbons (Fsp3) is 0.417. The quantitative estimate of drug-likeness (QED) is 0.608. The number of fused-ring (bicyclic) bond motifs is 1. The number of thiophene rings is 1. The van der Waals surface area contributed by atoms with Crippen LogP contribution in [0.1, 0.15) is 60.0 Å². The van der Waals surface area contributed by atoms with Gasteiger partial charge in [0.2, 0.25) is 5.91 Å². The van der Waals surface area contributed by atoms with E-state index < -0.39 is 5.91 Å². The summed E-state index contributed by atoms with van der Waals surface area (Å²) in [5.74, 6) is 0.566. The Labute approximate surface area is 182 Å². The predicted molar refractivity (Wildman–Crippen MR) is 123 cm³/mol. The van der Waals surface area contributed by atoms with Crippen LogP contribution in [-0.4, -0.2) is 18.9 Å². The van der Waals surface area contributed by atoms with Crippen molar-refractivity contribution < 1.29 is 14.3 Å². The molecule has 0 unspecified atom stereocenters. The minimum absolute atomic E-state index is 0.249. The molecule has 3 N–H and O–H groups in total. The van der Waals surface area contributed by atoms with Crippen molar-refractivity contribution in [2.45, 2.75) is 46.5 Å². The Morgan fingerprint density at radius 2 is 2.00 bits per heavy atom. The van der Waals surface area contributed by atoms with Crippen LogP contribution in [0, 0.1) is 11.3 Å². The Kier molecular flexibility index (Phi) is 6.66. The first-order valence-electron chi connectivity index (χ1n) is 10.3. The highest BCUT2D eigenvalue weighted by Crippen LogP contribution is 2.45. The third-order valence-corrected chi connectivity index (χ3v) is 7.48. The molecule has 2 amide bonds. The smallest absolute Gasteiger partial charge is 0.251 e. The molecule has 1 aliphatic carbocycles. The molecule has 0 spiro atoms. The molecule has 1 atom stereocenters. The van der Waals surface area contributed by atoms with Crippen LogP contribution in [0.15, 0.2) is 30.3 Å². The van der Waals surface area contributed by atoms with Gasteiger partial charge < -0.3 is 15.8 Å². The van der Waals surface area contributed by atoms with Gasteiger partial charge in [0, 0.05) is 11.0 Å². The third kappa shape index (κ3) is 4.75. The Morgan fingerprint density at radius 3 is 2.60 bits per heavy atom. The minimum atomic E-state index is -0.477. The van der Waals surface area contributed by atoms with Crippen LogP contribution in [-0.2, 0) is 17.6 Å². The van der Waals surface area contributed by atoms with E-state index in [0.717, 1.165) is 42.6 Å². The zero-order chi connectivity index (χ0) is 21.9. The molecule has 3 rings (SSSR count). The van der Waals surface area contributed by atoms with E-state index in [1.54, 1.807) is 13.2 Å². The van der Waals surface area contributed by atoms with Crippen molar-refractivity contribution in [3.8, 4) is 5.75 Å². The summed E-state index contributed by atoms with van der Waals surface area (Å²) >= 11 is 1.49. The van der Waals surface area contributed by atoms with E-state index in [2.05, 4.69) is 26.1 Å². The molecular formula is C24H30N2O3S. The number of nitrogens with one attached hydrogen (secondary N) is 1. The third-order valence-electron chi connectivity index (χ3n) is 6.31. The first-order valence-corrected chi connectivity index (χ1v) is 11.1. The largest absolute Gasteiger partial charge is 0.497 e. The number of hydrogen-bond donors (Lipinski definition) is 2. The molecule has 160 valence electrons. The summed E-state index contributed by atoms with van der Waals surface area (Å²) in [4.78, 5) is 25.8. The fourth-order valence-electron chi connectivity index (χ4n) is 3.93. The van der Waals surface area contributed by atoms with Crippen molar-refractivity contribution in [1.82, 2.24) is 0 Å². The Morgan fingerprint density at radius 1 is 1.30 bits per heavy atom. The van der Waals surface area contributed by atoms with E-state index in [-0.39, 0.29) is 11.3 Å². The number of benzene rings is 1. The standard InChI is InChI=1S/C24H30N2O3S/c1-5-24(2,3)16-9-12-18-19(14-16)30-23(21(18)22(25)28)26-20(27)13-8-15-6-10-17(29-4)11-7-15/h6-8,10-11,13,16H,5,9,12,14H2,1-4H3,(H2,25,28)(H,26,27)/b13-8-/t16-/m0/s1. The second-order valence-electron chi connectivity index (χ2n) is 8.45. The van der Waals surface area contributed by atoms with Crippen molar-refractivity contribution in [3.63, 3.8) is 0 Å². The van der Waals surface area contributed by atoms with E-state index in [1.165, 1.54) is 22.3 Å². The van der Waals surface area contributed by atoms with Crippen molar-refractivity contribution in [3.05, 3.63) is 51.9 Å². The van der Waals surface area contributed by atoms with Gasteiger partial charge in [0.25, 0.3) is 5.91 Å². The van der Waals surface area contributed by atoms with Gasteiger partial charge in [0.05, 0.1) is 12.7 Å². The Bertz CT molecular complexity index is 958. The molecule has 1 aromatic carbocycles. The van der Waals surface area contributed by atoms with Crippen LogP contribution >= 0.6 is 11.3 Å². The molecule has 0 radical (unpaired) electrons. The number of anilines is 1.